The summed E-state index contributed by atoms with van der Waals surface area (Å²) in [7, 11) is 0. The quantitative estimate of drug-likeness (QED) is 0.636. The molecule has 0 saturated carbocycles. The Hall–Kier alpha value is -0.310. The molecule has 2 N–H and O–H groups in total. The molecule has 1 amide bonds. The lowest BCUT2D eigenvalue weighted by Gasteiger charge is -2.07. The largest absolute Gasteiger partial charge is 0.366 e. The minimum Gasteiger partial charge on any atom is -0.366 e. The number of primary amides is 1. The fraction of sp³-hybridized carbons (Fsp3) is 0.143. The fourth-order valence-corrected chi connectivity index (χ4v) is 2.51. The van der Waals surface area contributed by atoms with Crippen LogP contribution in [0.15, 0.2) is 10.7 Å². The van der Waals surface area contributed by atoms with E-state index in [1.807, 2.05) is 0 Å². The van der Waals surface area contributed by atoms with Gasteiger partial charge in [0.25, 0.3) is 12.3 Å². The van der Waals surface area contributed by atoms with Gasteiger partial charge in [-0.05, 0) is 38.5 Å². The molecule has 1 heterocycles. The molecule has 0 unspecified atom stereocenters. The molecule has 14 heavy (non-hydrogen) atoms. The van der Waals surface area contributed by atoms with Crippen molar-refractivity contribution >= 4 is 44.4 Å². The summed E-state index contributed by atoms with van der Waals surface area (Å²) < 4.78 is 25.2. The summed E-state index contributed by atoms with van der Waals surface area (Å²) in [6.07, 6.45) is -1.52. The zero-order valence-corrected chi connectivity index (χ0v) is 10.3. The highest BCUT2D eigenvalue weighted by Gasteiger charge is 2.21. The first kappa shape index (κ1) is 11.8. The molecule has 0 atom stereocenters. The maximum Gasteiger partial charge on any atom is 0.267 e. The monoisotopic (exact) mass is 376 g/mol. The van der Waals surface area contributed by atoms with Crippen molar-refractivity contribution in [3.8, 4) is 0 Å². The highest BCUT2D eigenvalue weighted by atomic mass is 127. The van der Waals surface area contributed by atoms with Gasteiger partial charge in [-0.15, -0.1) is 0 Å². The van der Waals surface area contributed by atoms with Gasteiger partial charge in [0, 0.05) is 10.7 Å². The molecule has 7 heteroatoms. The number of hydrogen-bond donors (Lipinski definition) is 1. The lowest BCUT2D eigenvalue weighted by molar-refractivity contribution is 0.0998. The summed E-state index contributed by atoms with van der Waals surface area (Å²) in [5, 5.41) is 0. The Balaban J connectivity index is 3.41. The van der Waals surface area contributed by atoms with E-state index in [9.17, 15) is 13.6 Å². The molecule has 3 nitrogen and oxygen atoms in total. The van der Waals surface area contributed by atoms with Crippen LogP contribution < -0.4 is 5.73 Å². The smallest absolute Gasteiger partial charge is 0.267 e. The van der Waals surface area contributed by atoms with E-state index in [4.69, 9.17) is 5.73 Å². The zero-order valence-electron chi connectivity index (χ0n) is 6.60. The van der Waals surface area contributed by atoms with Gasteiger partial charge in [-0.1, -0.05) is 0 Å². The van der Waals surface area contributed by atoms with Crippen molar-refractivity contribution in [3.05, 3.63) is 25.5 Å². The Kier molecular flexibility index (Phi) is 3.76. The summed E-state index contributed by atoms with van der Waals surface area (Å²) >= 11 is 4.58. The van der Waals surface area contributed by atoms with Crippen molar-refractivity contribution in [1.82, 2.24) is 4.98 Å². The predicted molar refractivity (Wildman–Crippen MR) is 58.1 cm³/mol. The van der Waals surface area contributed by atoms with Gasteiger partial charge in [-0.3, -0.25) is 4.79 Å². The highest BCUT2D eigenvalue weighted by molar-refractivity contribution is 14.1. The highest BCUT2D eigenvalue weighted by Crippen LogP contribution is 2.32. The average molecular weight is 377 g/mol. The van der Waals surface area contributed by atoms with E-state index in [1.54, 1.807) is 22.6 Å². The van der Waals surface area contributed by atoms with Gasteiger partial charge in [0.05, 0.1) is 11.1 Å². The average Bonchev–Trinajstić information content (AvgIpc) is 2.02. The van der Waals surface area contributed by atoms with Crippen molar-refractivity contribution < 1.29 is 13.6 Å². The van der Waals surface area contributed by atoms with E-state index in [2.05, 4.69) is 20.9 Å². The Morgan fingerprint density at radius 1 is 1.64 bits per heavy atom. The normalized spacial score (nSPS) is 10.6. The molecule has 0 spiro atoms. The summed E-state index contributed by atoms with van der Waals surface area (Å²) in [6.45, 7) is 0. The van der Waals surface area contributed by atoms with Crippen LogP contribution >= 0.6 is 38.5 Å². The number of aromatic nitrogens is 1. The molecule has 1 aromatic heterocycles. The first-order valence-electron chi connectivity index (χ1n) is 3.37. The van der Waals surface area contributed by atoms with E-state index >= 15 is 0 Å². The van der Waals surface area contributed by atoms with Crippen LogP contribution in [0.5, 0.6) is 0 Å². The Bertz CT molecular complexity index is 386. The minimum atomic E-state index is -2.69. The van der Waals surface area contributed by atoms with Gasteiger partial charge in [0.2, 0.25) is 0 Å². The van der Waals surface area contributed by atoms with Crippen LogP contribution in [0.2, 0.25) is 0 Å². The summed E-state index contributed by atoms with van der Waals surface area (Å²) in [5.41, 5.74) is 4.63. The molecule has 0 aliphatic heterocycles. The number of rotatable bonds is 2. The van der Waals surface area contributed by atoms with Gasteiger partial charge in [-0.2, -0.15) is 0 Å². The van der Waals surface area contributed by atoms with Gasteiger partial charge in [0.15, 0.2) is 0 Å². The van der Waals surface area contributed by atoms with Gasteiger partial charge in [0.1, 0.15) is 3.70 Å². The third-order valence-corrected chi connectivity index (χ3v) is 3.20. The molecular weight excluding hydrogens is 373 g/mol. The third kappa shape index (κ3) is 2.19. The number of halogens is 4. The minimum absolute atomic E-state index is 0.0133. The molecule has 0 fully saturated rings. The second-order valence-corrected chi connectivity index (χ2v) is 4.17. The van der Waals surface area contributed by atoms with Crippen LogP contribution in [0.3, 0.4) is 0 Å². The second kappa shape index (κ2) is 4.47. The van der Waals surface area contributed by atoms with E-state index < -0.39 is 12.3 Å². The molecule has 1 rings (SSSR count). The number of pyridine rings is 1. The number of amides is 1. The van der Waals surface area contributed by atoms with Gasteiger partial charge in [-0.25, -0.2) is 13.8 Å². The molecule has 0 radical (unpaired) electrons. The van der Waals surface area contributed by atoms with Crippen LogP contribution in [0.4, 0.5) is 8.78 Å². The standard InChI is InChI=1S/C7H4BrF2IN2O/c8-4-2(7(12)14)1-13-6(11)3(4)5(9)10/h1,5H,(H2,12,14). The third-order valence-electron chi connectivity index (χ3n) is 1.49. The Morgan fingerprint density at radius 3 is 2.64 bits per heavy atom. The molecule has 0 aliphatic rings. The number of alkyl halides is 2. The molecule has 0 aliphatic carbocycles. The number of hydrogen-bond acceptors (Lipinski definition) is 2. The van der Waals surface area contributed by atoms with E-state index in [-0.39, 0.29) is 19.3 Å². The SMILES string of the molecule is NC(=O)c1cnc(I)c(C(F)F)c1Br. The number of nitrogens with zero attached hydrogens (tertiary/aromatic N) is 1. The number of carbonyl (C=O) groups excluding carboxylic acids is 1. The van der Waals surface area contributed by atoms with Crippen molar-refractivity contribution in [2.45, 2.75) is 6.43 Å². The van der Waals surface area contributed by atoms with E-state index in [0.29, 0.717) is 0 Å². The maximum atomic E-state index is 12.5. The lowest BCUT2D eigenvalue weighted by Crippen LogP contribution is -2.14. The van der Waals surface area contributed by atoms with Crippen LogP contribution in [0.25, 0.3) is 0 Å². The summed E-state index contributed by atoms with van der Waals surface area (Å²) in [6, 6.07) is 0. The van der Waals surface area contributed by atoms with Crippen LogP contribution in [0.1, 0.15) is 22.3 Å². The number of carbonyl (C=O) groups is 1. The first-order valence-corrected chi connectivity index (χ1v) is 5.24. The van der Waals surface area contributed by atoms with E-state index in [0.717, 1.165) is 0 Å². The van der Waals surface area contributed by atoms with Crippen LogP contribution in [-0.2, 0) is 0 Å². The molecule has 76 valence electrons. The lowest BCUT2D eigenvalue weighted by atomic mass is 10.2. The fourth-order valence-electron chi connectivity index (χ4n) is 0.841. The maximum absolute atomic E-state index is 12.5. The Labute approximate surface area is 100 Å². The van der Waals surface area contributed by atoms with Crippen LogP contribution in [-0.4, -0.2) is 10.9 Å². The first-order chi connectivity index (χ1) is 6.45. The summed E-state index contributed by atoms with van der Waals surface area (Å²) in [5.74, 6) is -0.789. The van der Waals surface area contributed by atoms with Gasteiger partial charge < -0.3 is 5.73 Å². The topological polar surface area (TPSA) is 56.0 Å². The second-order valence-electron chi connectivity index (χ2n) is 2.36. The molecule has 0 saturated heterocycles. The summed E-state index contributed by atoms with van der Waals surface area (Å²) in [4.78, 5) is 14.5. The van der Waals surface area contributed by atoms with Crippen molar-refractivity contribution in [2.24, 2.45) is 5.73 Å². The molecule has 1 aromatic rings. The van der Waals surface area contributed by atoms with Gasteiger partial charge >= 0.3 is 0 Å². The van der Waals surface area contributed by atoms with Crippen LogP contribution in [0, 0.1) is 3.70 Å². The predicted octanol–water partition coefficient (Wildman–Crippen LogP) is 2.49. The van der Waals surface area contributed by atoms with Crippen molar-refractivity contribution in [3.63, 3.8) is 0 Å². The van der Waals surface area contributed by atoms with Crippen molar-refractivity contribution in [2.75, 3.05) is 0 Å². The van der Waals surface area contributed by atoms with Crippen molar-refractivity contribution in [1.29, 1.82) is 0 Å². The Morgan fingerprint density at radius 2 is 2.21 bits per heavy atom. The number of nitrogens with two attached hydrogens (primary N) is 1. The molecular formula is C7H4BrF2IN2O. The zero-order chi connectivity index (χ0) is 10.9. The molecule has 0 bridgehead atoms. The molecule has 0 aromatic carbocycles. The van der Waals surface area contributed by atoms with E-state index in [1.165, 1.54) is 6.20 Å².